The van der Waals surface area contributed by atoms with E-state index in [1.807, 2.05) is 13.8 Å². The lowest BCUT2D eigenvalue weighted by Gasteiger charge is -2.14. The second kappa shape index (κ2) is 7.14. The standard InChI is InChI=1S/C14H20ClN3O2/c1-5-9(2)16-14(20)17-10-6-7-11(12(15)8-10)13(19)18(3)4/h6-9H,5H2,1-4H3,(H2,16,17,20). The number of nitrogens with one attached hydrogen (secondary N) is 2. The molecule has 0 fully saturated rings. The van der Waals surface area contributed by atoms with Crippen molar-refractivity contribution in [2.45, 2.75) is 26.3 Å². The van der Waals surface area contributed by atoms with Crippen LogP contribution in [0.4, 0.5) is 10.5 Å². The Kier molecular flexibility index (Phi) is 5.82. The molecule has 1 unspecified atom stereocenters. The van der Waals surface area contributed by atoms with Crippen molar-refractivity contribution in [1.29, 1.82) is 0 Å². The van der Waals surface area contributed by atoms with E-state index in [2.05, 4.69) is 10.6 Å². The maximum absolute atomic E-state index is 11.8. The van der Waals surface area contributed by atoms with Gasteiger partial charge >= 0.3 is 6.03 Å². The number of hydrogen-bond donors (Lipinski definition) is 2. The number of benzene rings is 1. The maximum atomic E-state index is 11.8. The van der Waals surface area contributed by atoms with Gasteiger partial charge in [0.15, 0.2) is 0 Å². The van der Waals surface area contributed by atoms with Gasteiger partial charge in [0, 0.05) is 25.8 Å². The third-order valence-corrected chi connectivity index (χ3v) is 3.17. The molecule has 0 saturated carbocycles. The largest absolute Gasteiger partial charge is 0.345 e. The third-order valence-electron chi connectivity index (χ3n) is 2.85. The number of nitrogens with zero attached hydrogens (tertiary/aromatic N) is 1. The molecule has 1 atom stereocenters. The van der Waals surface area contributed by atoms with Crippen LogP contribution in [0.25, 0.3) is 0 Å². The predicted octanol–water partition coefficient (Wildman–Crippen LogP) is 2.96. The molecule has 0 aromatic heterocycles. The van der Waals surface area contributed by atoms with Crippen molar-refractivity contribution in [3.63, 3.8) is 0 Å². The second-order valence-corrected chi connectivity index (χ2v) is 5.21. The molecule has 20 heavy (non-hydrogen) atoms. The van der Waals surface area contributed by atoms with Crippen molar-refractivity contribution < 1.29 is 9.59 Å². The van der Waals surface area contributed by atoms with E-state index >= 15 is 0 Å². The SMILES string of the molecule is CCC(C)NC(=O)Nc1ccc(C(=O)N(C)C)c(Cl)c1. The van der Waals surface area contributed by atoms with Gasteiger partial charge in [-0.2, -0.15) is 0 Å². The van der Waals surface area contributed by atoms with Crippen LogP contribution < -0.4 is 10.6 Å². The van der Waals surface area contributed by atoms with Crippen molar-refractivity contribution >= 4 is 29.2 Å². The van der Waals surface area contributed by atoms with Gasteiger partial charge < -0.3 is 15.5 Å². The van der Waals surface area contributed by atoms with Crippen LogP contribution >= 0.6 is 11.6 Å². The van der Waals surface area contributed by atoms with E-state index in [1.165, 1.54) is 4.90 Å². The van der Waals surface area contributed by atoms with Crippen molar-refractivity contribution in [2.24, 2.45) is 0 Å². The Morgan fingerprint density at radius 2 is 2.00 bits per heavy atom. The summed E-state index contributed by atoms with van der Waals surface area (Å²) >= 11 is 6.07. The molecule has 5 nitrogen and oxygen atoms in total. The molecule has 1 aromatic carbocycles. The number of anilines is 1. The molecule has 0 radical (unpaired) electrons. The van der Waals surface area contributed by atoms with Crippen LogP contribution in [-0.2, 0) is 0 Å². The molecule has 0 spiro atoms. The van der Waals surface area contributed by atoms with E-state index in [0.29, 0.717) is 16.3 Å². The number of halogens is 1. The molecule has 1 rings (SSSR count). The lowest BCUT2D eigenvalue weighted by atomic mass is 10.2. The Hall–Kier alpha value is -1.75. The van der Waals surface area contributed by atoms with Crippen LogP contribution in [0.5, 0.6) is 0 Å². The highest BCUT2D eigenvalue weighted by Crippen LogP contribution is 2.22. The number of urea groups is 1. The fraction of sp³-hybridized carbons (Fsp3) is 0.429. The van der Waals surface area contributed by atoms with Gasteiger partial charge in [-0.3, -0.25) is 4.79 Å². The Labute approximate surface area is 124 Å². The number of carbonyl (C=O) groups excluding carboxylic acids is 2. The number of amides is 3. The zero-order valence-electron chi connectivity index (χ0n) is 12.2. The fourth-order valence-corrected chi connectivity index (χ4v) is 1.76. The van der Waals surface area contributed by atoms with Gasteiger partial charge in [-0.1, -0.05) is 18.5 Å². The molecule has 3 amide bonds. The van der Waals surface area contributed by atoms with Crippen molar-refractivity contribution in [3.05, 3.63) is 28.8 Å². The highest BCUT2D eigenvalue weighted by Gasteiger charge is 2.13. The average molecular weight is 298 g/mol. The Morgan fingerprint density at radius 1 is 1.35 bits per heavy atom. The number of hydrogen-bond acceptors (Lipinski definition) is 2. The summed E-state index contributed by atoms with van der Waals surface area (Å²) in [6.45, 7) is 3.91. The summed E-state index contributed by atoms with van der Waals surface area (Å²) in [5.41, 5.74) is 0.954. The van der Waals surface area contributed by atoms with Gasteiger partial charge in [0.25, 0.3) is 5.91 Å². The van der Waals surface area contributed by atoms with E-state index in [-0.39, 0.29) is 18.0 Å². The molecule has 6 heteroatoms. The van der Waals surface area contributed by atoms with Gasteiger partial charge in [-0.05, 0) is 31.5 Å². The highest BCUT2D eigenvalue weighted by molar-refractivity contribution is 6.34. The second-order valence-electron chi connectivity index (χ2n) is 4.80. The molecule has 0 heterocycles. The minimum atomic E-state index is -0.290. The fourth-order valence-electron chi connectivity index (χ4n) is 1.50. The summed E-state index contributed by atoms with van der Waals surface area (Å²) in [6, 6.07) is 4.62. The lowest BCUT2D eigenvalue weighted by molar-refractivity contribution is 0.0828. The zero-order valence-corrected chi connectivity index (χ0v) is 12.9. The summed E-state index contributed by atoms with van der Waals surface area (Å²) in [7, 11) is 3.31. The van der Waals surface area contributed by atoms with E-state index in [1.54, 1.807) is 32.3 Å². The quantitative estimate of drug-likeness (QED) is 0.897. The summed E-state index contributed by atoms with van der Waals surface area (Å²) in [5.74, 6) is -0.175. The first-order valence-electron chi connectivity index (χ1n) is 6.43. The first-order chi connectivity index (χ1) is 9.35. The van der Waals surface area contributed by atoms with Gasteiger partial charge in [0.2, 0.25) is 0 Å². The summed E-state index contributed by atoms with van der Waals surface area (Å²) in [6.07, 6.45) is 0.852. The van der Waals surface area contributed by atoms with Crippen LogP contribution in [0.1, 0.15) is 30.6 Å². The maximum Gasteiger partial charge on any atom is 0.319 e. The molecule has 1 aromatic rings. The molecular weight excluding hydrogens is 278 g/mol. The number of rotatable bonds is 4. The van der Waals surface area contributed by atoms with Crippen molar-refractivity contribution in [1.82, 2.24) is 10.2 Å². The van der Waals surface area contributed by atoms with Gasteiger partial charge in [-0.25, -0.2) is 4.79 Å². The summed E-state index contributed by atoms with van der Waals surface area (Å²) in [4.78, 5) is 25.0. The first-order valence-corrected chi connectivity index (χ1v) is 6.81. The monoisotopic (exact) mass is 297 g/mol. The van der Waals surface area contributed by atoms with Crippen LogP contribution in [0.15, 0.2) is 18.2 Å². The molecule has 0 bridgehead atoms. The number of carbonyl (C=O) groups is 2. The van der Waals surface area contributed by atoms with Crippen LogP contribution in [-0.4, -0.2) is 37.0 Å². The minimum Gasteiger partial charge on any atom is -0.345 e. The van der Waals surface area contributed by atoms with E-state index in [0.717, 1.165) is 6.42 Å². The van der Waals surface area contributed by atoms with Crippen LogP contribution in [0.2, 0.25) is 5.02 Å². The van der Waals surface area contributed by atoms with Crippen molar-refractivity contribution in [3.8, 4) is 0 Å². The lowest BCUT2D eigenvalue weighted by Crippen LogP contribution is -2.35. The van der Waals surface area contributed by atoms with Gasteiger partial charge in [0.05, 0.1) is 10.6 Å². The molecular formula is C14H20ClN3O2. The van der Waals surface area contributed by atoms with Crippen LogP contribution in [0, 0.1) is 0 Å². The summed E-state index contributed by atoms with van der Waals surface area (Å²) < 4.78 is 0. The smallest absolute Gasteiger partial charge is 0.319 e. The molecule has 110 valence electrons. The normalized spacial score (nSPS) is 11.7. The van der Waals surface area contributed by atoms with E-state index in [9.17, 15) is 9.59 Å². The van der Waals surface area contributed by atoms with Gasteiger partial charge in [-0.15, -0.1) is 0 Å². The van der Waals surface area contributed by atoms with Crippen molar-refractivity contribution in [2.75, 3.05) is 19.4 Å². The summed E-state index contributed by atoms with van der Waals surface area (Å²) in [5, 5.41) is 5.78. The topological polar surface area (TPSA) is 61.4 Å². The Morgan fingerprint density at radius 3 is 2.50 bits per heavy atom. The molecule has 0 aliphatic rings. The molecule has 0 aliphatic heterocycles. The Balaban J connectivity index is 2.78. The minimum absolute atomic E-state index is 0.0973. The Bertz CT molecular complexity index is 503. The first kappa shape index (κ1) is 16.3. The van der Waals surface area contributed by atoms with E-state index in [4.69, 9.17) is 11.6 Å². The average Bonchev–Trinajstić information content (AvgIpc) is 2.37. The predicted molar refractivity (Wildman–Crippen MR) is 81.4 cm³/mol. The van der Waals surface area contributed by atoms with E-state index < -0.39 is 0 Å². The zero-order chi connectivity index (χ0) is 15.3. The molecule has 0 saturated heterocycles. The highest BCUT2D eigenvalue weighted by atomic mass is 35.5. The third kappa shape index (κ3) is 4.42. The molecule has 0 aliphatic carbocycles. The molecule has 2 N–H and O–H groups in total. The van der Waals surface area contributed by atoms with Gasteiger partial charge in [0.1, 0.15) is 0 Å². The van der Waals surface area contributed by atoms with Crippen LogP contribution in [0.3, 0.4) is 0 Å².